The number of halogens is 1. The number of alkyl halides is 1. The molecule has 0 radical (unpaired) electrons. The lowest BCUT2D eigenvalue weighted by molar-refractivity contribution is -0.383. The van der Waals surface area contributed by atoms with Crippen LogP contribution in [0.1, 0.15) is 26.3 Å². The fourth-order valence-electron chi connectivity index (χ4n) is 2.07. The fraction of sp³-hybridized carbons (Fsp3) is 0.400. The van der Waals surface area contributed by atoms with Gasteiger partial charge >= 0.3 is 0 Å². The minimum atomic E-state index is -0.379. The number of non-ortho nitro benzene ring substituents is 1. The summed E-state index contributed by atoms with van der Waals surface area (Å²) >= 11 is 6.44. The van der Waals surface area contributed by atoms with Crippen LogP contribution in [0.25, 0.3) is 10.8 Å². The van der Waals surface area contributed by atoms with E-state index in [4.69, 9.17) is 11.6 Å². The predicted octanol–water partition coefficient (Wildman–Crippen LogP) is 4.34. The van der Waals surface area contributed by atoms with Crippen molar-refractivity contribution in [3.63, 3.8) is 0 Å². The maximum Gasteiger partial charge on any atom is 0.278 e. The van der Waals surface area contributed by atoms with E-state index in [-0.39, 0.29) is 21.4 Å². The van der Waals surface area contributed by atoms with Crippen LogP contribution in [-0.4, -0.2) is 15.3 Å². The molecule has 0 aliphatic rings. The Labute approximate surface area is 122 Å². The van der Waals surface area contributed by atoms with Gasteiger partial charge in [0.1, 0.15) is 0 Å². The van der Waals surface area contributed by atoms with Crippen molar-refractivity contribution >= 4 is 28.1 Å². The van der Waals surface area contributed by atoms with Crippen molar-refractivity contribution in [3.8, 4) is 0 Å². The van der Waals surface area contributed by atoms with Crippen molar-refractivity contribution in [2.45, 2.75) is 32.6 Å². The van der Waals surface area contributed by atoms with Gasteiger partial charge in [0.15, 0.2) is 0 Å². The van der Waals surface area contributed by atoms with Gasteiger partial charge in [-0.2, -0.15) is 0 Å². The van der Waals surface area contributed by atoms with Crippen LogP contribution in [0.15, 0.2) is 30.6 Å². The zero-order chi connectivity index (χ0) is 14.9. The molecule has 1 atom stereocenters. The van der Waals surface area contributed by atoms with E-state index in [1.807, 2.05) is 6.07 Å². The van der Waals surface area contributed by atoms with Crippen LogP contribution in [0.2, 0.25) is 0 Å². The van der Waals surface area contributed by atoms with Gasteiger partial charge in [0.25, 0.3) is 5.69 Å². The molecule has 0 aliphatic carbocycles. The first-order valence-corrected chi connectivity index (χ1v) is 6.88. The quantitative estimate of drug-likeness (QED) is 0.480. The molecule has 5 heteroatoms. The third-order valence-corrected chi connectivity index (χ3v) is 4.23. The monoisotopic (exact) mass is 292 g/mol. The molecule has 0 bridgehead atoms. The van der Waals surface area contributed by atoms with Gasteiger partial charge in [-0.15, -0.1) is 11.6 Å². The van der Waals surface area contributed by atoms with E-state index in [9.17, 15) is 10.1 Å². The summed E-state index contributed by atoms with van der Waals surface area (Å²) in [6.07, 6.45) is 3.86. The Morgan fingerprint density at radius 2 is 2.00 bits per heavy atom. The molecule has 106 valence electrons. The molecule has 0 spiro atoms. The van der Waals surface area contributed by atoms with Gasteiger partial charge in [-0.05, 0) is 28.9 Å². The Bertz CT molecular complexity index is 650. The summed E-state index contributed by atoms with van der Waals surface area (Å²) in [5.41, 5.74) is 1.07. The van der Waals surface area contributed by atoms with E-state index in [2.05, 4.69) is 25.8 Å². The average molecular weight is 293 g/mol. The number of fused-ring (bicyclic) bond motifs is 1. The molecule has 1 heterocycles. The summed E-state index contributed by atoms with van der Waals surface area (Å²) in [4.78, 5) is 14.7. The van der Waals surface area contributed by atoms with E-state index in [0.717, 1.165) is 10.9 Å². The Balaban J connectivity index is 2.51. The smallest absolute Gasteiger partial charge is 0.264 e. The number of benzene rings is 1. The highest BCUT2D eigenvalue weighted by Crippen LogP contribution is 2.32. The fourth-order valence-corrected chi connectivity index (χ4v) is 2.24. The molecule has 0 amide bonds. The first-order chi connectivity index (χ1) is 9.30. The van der Waals surface area contributed by atoms with Crippen molar-refractivity contribution < 1.29 is 4.92 Å². The molecule has 0 saturated carbocycles. The topological polar surface area (TPSA) is 56.0 Å². The number of nitro benzene ring substituents is 1. The van der Waals surface area contributed by atoms with E-state index in [1.165, 1.54) is 12.3 Å². The van der Waals surface area contributed by atoms with Gasteiger partial charge in [-0.25, -0.2) is 0 Å². The third-order valence-electron chi connectivity index (χ3n) is 3.42. The highest BCUT2D eigenvalue weighted by Gasteiger charge is 2.24. The van der Waals surface area contributed by atoms with Gasteiger partial charge < -0.3 is 0 Å². The third kappa shape index (κ3) is 2.90. The van der Waals surface area contributed by atoms with Crippen LogP contribution in [0, 0.1) is 15.5 Å². The van der Waals surface area contributed by atoms with E-state index in [1.54, 1.807) is 12.3 Å². The lowest BCUT2D eigenvalue weighted by atomic mass is 9.87. The van der Waals surface area contributed by atoms with E-state index < -0.39 is 0 Å². The molecule has 2 rings (SSSR count). The second-order valence-electron chi connectivity index (χ2n) is 5.96. The largest absolute Gasteiger partial charge is 0.278 e. The second-order valence-corrected chi connectivity index (χ2v) is 6.49. The SMILES string of the molecule is CC(C)(C)C(Cl)Cc1ccc([N+](=O)[O-])c2cnccc12. The maximum atomic E-state index is 11.1. The lowest BCUT2D eigenvalue weighted by Gasteiger charge is -2.25. The minimum absolute atomic E-state index is 0.0251. The van der Waals surface area contributed by atoms with Crippen LogP contribution in [-0.2, 0) is 6.42 Å². The van der Waals surface area contributed by atoms with Crippen molar-refractivity contribution in [1.82, 2.24) is 4.98 Å². The highest BCUT2D eigenvalue weighted by molar-refractivity contribution is 6.21. The average Bonchev–Trinajstić information content (AvgIpc) is 2.37. The van der Waals surface area contributed by atoms with Crippen LogP contribution in [0.3, 0.4) is 0 Å². The number of hydrogen-bond donors (Lipinski definition) is 0. The Morgan fingerprint density at radius 1 is 1.30 bits per heavy atom. The standard InChI is InChI=1S/C15H17ClN2O2/c1-15(2,3)14(16)8-10-4-5-13(18(19)20)12-9-17-7-6-11(10)12/h4-7,9,14H,8H2,1-3H3. The van der Waals surface area contributed by atoms with Crippen LogP contribution >= 0.6 is 11.6 Å². The molecule has 2 aromatic rings. The predicted molar refractivity (Wildman–Crippen MR) is 81.2 cm³/mol. The van der Waals surface area contributed by atoms with Crippen molar-refractivity contribution in [3.05, 3.63) is 46.3 Å². The molecule has 1 unspecified atom stereocenters. The molecule has 1 aromatic carbocycles. The molecular formula is C15H17ClN2O2. The Hall–Kier alpha value is -1.68. The molecule has 1 aromatic heterocycles. The van der Waals surface area contributed by atoms with Gasteiger partial charge in [-0.3, -0.25) is 15.1 Å². The molecule has 0 aliphatic heterocycles. The Morgan fingerprint density at radius 3 is 2.60 bits per heavy atom. The lowest BCUT2D eigenvalue weighted by Crippen LogP contribution is -2.23. The van der Waals surface area contributed by atoms with Gasteiger partial charge in [-0.1, -0.05) is 26.8 Å². The van der Waals surface area contributed by atoms with Crippen molar-refractivity contribution in [1.29, 1.82) is 0 Å². The molecule has 0 saturated heterocycles. The van der Waals surface area contributed by atoms with Gasteiger partial charge in [0, 0.05) is 23.8 Å². The highest BCUT2D eigenvalue weighted by atomic mass is 35.5. The van der Waals surface area contributed by atoms with Crippen molar-refractivity contribution in [2.24, 2.45) is 5.41 Å². The van der Waals surface area contributed by atoms with Gasteiger partial charge in [0.2, 0.25) is 0 Å². The number of nitro groups is 1. The number of nitrogens with zero attached hydrogens (tertiary/aromatic N) is 2. The first kappa shape index (κ1) is 14.7. The zero-order valence-corrected chi connectivity index (χ0v) is 12.5. The number of aromatic nitrogens is 1. The molecule has 20 heavy (non-hydrogen) atoms. The van der Waals surface area contributed by atoms with Crippen LogP contribution in [0.5, 0.6) is 0 Å². The molecule has 0 fully saturated rings. The summed E-state index contributed by atoms with van der Waals surface area (Å²) in [7, 11) is 0. The number of pyridine rings is 1. The summed E-state index contributed by atoms with van der Waals surface area (Å²) in [6, 6.07) is 5.14. The number of hydrogen-bond acceptors (Lipinski definition) is 3. The van der Waals surface area contributed by atoms with Crippen LogP contribution in [0.4, 0.5) is 5.69 Å². The summed E-state index contributed by atoms with van der Waals surface area (Å²) in [6.45, 7) is 6.25. The normalized spacial score (nSPS) is 13.4. The van der Waals surface area contributed by atoms with Gasteiger partial charge in [0.05, 0.1) is 10.3 Å². The maximum absolute atomic E-state index is 11.1. The number of rotatable bonds is 3. The first-order valence-electron chi connectivity index (χ1n) is 6.45. The van der Waals surface area contributed by atoms with Crippen molar-refractivity contribution in [2.75, 3.05) is 0 Å². The Kier molecular flexibility index (Phi) is 3.95. The summed E-state index contributed by atoms with van der Waals surface area (Å²) < 4.78 is 0. The molecule has 4 nitrogen and oxygen atoms in total. The second kappa shape index (κ2) is 5.37. The minimum Gasteiger partial charge on any atom is -0.264 e. The molecule has 0 N–H and O–H groups in total. The molecular weight excluding hydrogens is 276 g/mol. The van der Waals surface area contributed by atoms with E-state index in [0.29, 0.717) is 11.8 Å². The van der Waals surface area contributed by atoms with E-state index >= 15 is 0 Å². The summed E-state index contributed by atoms with van der Waals surface area (Å²) in [5, 5.41) is 12.4. The van der Waals surface area contributed by atoms with Crippen LogP contribution < -0.4 is 0 Å². The summed E-state index contributed by atoms with van der Waals surface area (Å²) in [5.74, 6) is 0. The zero-order valence-electron chi connectivity index (χ0n) is 11.8.